The molecule has 104 valence electrons. The Kier molecular flexibility index (Phi) is 5.43. The van der Waals surface area contributed by atoms with Gasteiger partial charge in [0, 0.05) is 0 Å². The van der Waals surface area contributed by atoms with Gasteiger partial charge >= 0.3 is 0 Å². The topological polar surface area (TPSA) is 18.1 Å². The highest BCUT2D eigenvalue weighted by Gasteiger charge is 2.19. The summed E-state index contributed by atoms with van der Waals surface area (Å²) in [6.45, 7) is 10.8. The zero-order valence-electron chi connectivity index (χ0n) is 12.0. The first-order chi connectivity index (χ1) is 9.29. The molecule has 19 heavy (non-hydrogen) atoms. The van der Waals surface area contributed by atoms with Gasteiger partial charge in [-0.3, -0.25) is 0 Å². The first kappa shape index (κ1) is 14.1. The van der Waals surface area contributed by atoms with Crippen LogP contribution in [0.2, 0.25) is 0 Å². The van der Waals surface area contributed by atoms with Crippen LogP contribution >= 0.6 is 0 Å². The Balaban J connectivity index is 1.77. The molecule has 1 fully saturated rings. The molecule has 0 spiro atoms. The van der Waals surface area contributed by atoms with Gasteiger partial charge in [-0.05, 0) is 18.1 Å². The predicted molar refractivity (Wildman–Crippen MR) is 78.0 cm³/mol. The van der Waals surface area contributed by atoms with Crippen LogP contribution in [0.15, 0.2) is 36.9 Å². The molecular formula is C16H26N2O+2. The van der Waals surface area contributed by atoms with Gasteiger partial charge in [-0.15, -0.1) is 6.58 Å². The van der Waals surface area contributed by atoms with E-state index in [0.717, 1.165) is 25.3 Å². The molecule has 1 aromatic carbocycles. The summed E-state index contributed by atoms with van der Waals surface area (Å²) in [6, 6.07) is 8.26. The van der Waals surface area contributed by atoms with Crippen LogP contribution in [-0.2, 0) is 6.42 Å². The van der Waals surface area contributed by atoms with Crippen LogP contribution in [-0.4, -0.2) is 46.4 Å². The molecule has 1 heterocycles. The van der Waals surface area contributed by atoms with Crippen molar-refractivity contribution in [1.82, 2.24) is 0 Å². The van der Waals surface area contributed by atoms with Crippen LogP contribution < -0.4 is 14.5 Å². The molecule has 2 N–H and O–H groups in total. The average molecular weight is 262 g/mol. The van der Waals surface area contributed by atoms with Crippen molar-refractivity contribution in [2.75, 3.05) is 46.4 Å². The van der Waals surface area contributed by atoms with Crippen molar-refractivity contribution in [3.05, 3.63) is 42.5 Å². The number of nitrogens with one attached hydrogen (secondary N) is 2. The third-order valence-electron chi connectivity index (χ3n) is 3.86. The molecule has 0 aromatic heterocycles. The molecule has 0 aliphatic carbocycles. The van der Waals surface area contributed by atoms with Crippen LogP contribution in [0.25, 0.3) is 0 Å². The van der Waals surface area contributed by atoms with Gasteiger partial charge in [0.05, 0.1) is 7.05 Å². The van der Waals surface area contributed by atoms with Gasteiger partial charge in [-0.2, -0.15) is 0 Å². The fourth-order valence-electron chi connectivity index (χ4n) is 2.55. The Labute approximate surface area is 116 Å². The largest absolute Gasteiger partial charge is 0.487 e. The van der Waals surface area contributed by atoms with E-state index in [0.29, 0.717) is 0 Å². The highest BCUT2D eigenvalue weighted by atomic mass is 16.5. The van der Waals surface area contributed by atoms with Crippen LogP contribution in [0.3, 0.4) is 0 Å². The van der Waals surface area contributed by atoms with E-state index in [1.54, 1.807) is 9.80 Å². The molecule has 3 nitrogen and oxygen atoms in total. The van der Waals surface area contributed by atoms with Crippen molar-refractivity contribution in [3.63, 3.8) is 0 Å². The van der Waals surface area contributed by atoms with Crippen LogP contribution in [0.1, 0.15) is 5.56 Å². The minimum absolute atomic E-state index is 0.808. The average Bonchev–Trinajstić information content (AvgIpc) is 2.43. The van der Waals surface area contributed by atoms with Crippen LogP contribution in [0, 0.1) is 0 Å². The maximum Gasteiger partial charge on any atom is 0.137 e. The lowest BCUT2D eigenvalue weighted by molar-refractivity contribution is -1.00. The minimum atomic E-state index is 0.808. The first-order valence-corrected chi connectivity index (χ1v) is 7.26. The molecule has 0 atom stereocenters. The number of piperazine rings is 1. The molecule has 0 saturated carbocycles. The molecular weight excluding hydrogens is 236 g/mol. The molecule has 2 rings (SSSR count). The lowest BCUT2D eigenvalue weighted by Gasteiger charge is -2.27. The number of rotatable bonds is 6. The summed E-state index contributed by atoms with van der Waals surface area (Å²) >= 11 is 0. The lowest BCUT2D eigenvalue weighted by atomic mass is 10.1. The fraction of sp³-hybridized carbons (Fsp3) is 0.500. The second-order valence-electron chi connectivity index (χ2n) is 5.41. The molecule has 0 unspecified atom stereocenters. The van der Waals surface area contributed by atoms with Gasteiger partial charge in [0.25, 0.3) is 0 Å². The smallest absolute Gasteiger partial charge is 0.137 e. The van der Waals surface area contributed by atoms with E-state index in [1.807, 2.05) is 12.1 Å². The van der Waals surface area contributed by atoms with Crippen LogP contribution in [0.4, 0.5) is 0 Å². The summed E-state index contributed by atoms with van der Waals surface area (Å²) in [5.41, 5.74) is 1.23. The van der Waals surface area contributed by atoms with Gasteiger partial charge in [-0.25, -0.2) is 0 Å². The minimum Gasteiger partial charge on any atom is -0.487 e. The predicted octanol–water partition coefficient (Wildman–Crippen LogP) is -0.793. The van der Waals surface area contributed by atoms with Gasteiger partial charge in [-0.1, -0.05) is 24.3 Å². The summed E-state index contributed by atoms with van der Waals surface area (Å²) in [6.07, 6.45) is 2.80. The first-order valence-electron chi connectivity index (χ1n) is 7.26. The SMILES string of the molecule is C=CCc1ccccc1OCC[NH+]1CC[NH+](C)CC1. The Morgan fingerprint density at radius 2 is 1.95 bits per heavy atom. The maximum atomic E-state index is 5.94. The highest BCUT2D eigenvalue weighted by molar-refractivity contribution is 5.34. The molecule has 0 amide bonds. The summed E-state index contributed by atoms with van der Waals surface area (Å²) in [5.74, 6) is 1.02. The standard InChI is InChI=1S/C16H24N2O/c1-3-6-15-7-4-5-8-16(15)19-14-13-18-11-9-17(2)10-12-18/h3-5,7-8H,1,6,9-14H2,2H3/p+2. The molecule has 1 aliphatic rings. The van der Waals surface area contributed by atoms with E-state index >= 15 is 0 Å². The van der Waals surface area contributed by atoms with Crippen molar-refractivity contribution in [1.29, 1.82) is 0 Å². The Hall–Kier alpha value is -1.32. The van der Waals surface area contributed by atoms with Crippen molar-refractivity contribution >= 4 is 0 Å². The second-order valence-corrected chi connectivity index (χ2v) is 5.41. The van der Waals surface area contributed by atoms with Crippen molar-refractivity contribution in [2.45, 2.75) is 6.42 Å². The van der Waals surface area contributed by atoms with E-state index in [2.05, 4.69) is 31.8 Å². The zero-order chi connectivity index (χ0) is 13.5. The summed E-state index contributed by atoms with van der Waals surface area (Å²) in [5, 5.41) is 0. The fourth-order valence-corrected chi connectivity index (χ4v) is 2.55. The van der Waals surface area contributed by atoms with Gasteiger partial charge in [0.1, 0.15) is 45.1 Å². The number of likely N-dealkylation sites (N-methyl/N-ethyl adjacent to an activating group) is 1. The molecule has 0 radical (unpaired) electrons. The van der Waals surface area contributed by atoms with E-state index in [1.165, 1.54) is 31.7 Å². The quantitative estimate of drug-likeness (QED) is 0.643. The van der Waals surface area contributed by atoms with E-state index in [9.17, 15) is 0 Å². The zero-order valence-corrected chi connectivity index (χ0v) is 12.0. The number of benzene rings is 1. The highest BCUT2D eigenvalue weighted by Crippen LogP contribution is 2.18. The normalized spacial score (nSPS) is 23.0. The van der Waals surface area contributed by atoms with E-state index in [-0.39, 0.29) is 0 Å². The summed E-state index contributed by atoms with van der Waals surface area (Å²) in [7, 11) is 2.28. The third-order valence-corrected chi connectivity index (χ3v) is 3.86. The lowest BCUT2D eigenvalue weighted by Crippen LogP contribution is -3.27. The molecule has 0 bridgehead atoms. The Morgan fingerprint density at radius 3 is 2.68 bits per heavy atom. The van der Waals surface area contributed by atoms with Gasteiger partial charge in [0.15, 0.2) is 0 Å². The Bertz CT molecular complexity index is 397. The van der Waals surface area contributed by atoms with E-state index < -0.39 is 0 Å². The van der Waals surface area contributed by atoms with E-state index in [4.69, 9.17) is 4.74 Å². The van der Waals surface area contributed by atoms with Crippen LogP contribution in [0.5, 0.6) is 5.75 Å². The van der Waals surface area contributed by atoms with Crippen molar-refractivity contribution in [3.8, 4) is 5.75 Å². The number of allylic oxidation sites excluding steroid dienone is 1. The number of hydrogen-bond donors (Lipinski definition) is 2. The monoisotopic (exact) mass is 262 g/mol. The molecule has 3 heteroatoms. The van der Waals surface area contributed by atoms with Crippen molar-refractivity contribution < 1.29 is 14.5 Å². The number of ether oxygens (including phenoxy) is 1. The summed E-state index contributed by atoms with van der Waals surface area (Å²) in [4.78, 5) is 3.33. The summed E-state index contributed by atoms with van der Waals surface area (Å²) < 4.78 is 5.94. The second kappa shape index (κ2) is 7.31. The number of quaternary nitrogens is 2. The van der Waals surface area contributed by atoms with Crippen molar-refractivity contribution in [2.24, 2.45) is 0 Å². The van der Waals surface area contributed by atoms with Gasteiger partial charge in [0.2, 0.25) is 0 Å². The number of hydrogen-bond acceptors (Lipinski definition) is 1. The molecule has 1 aliphatic heterocycles. The maximum absolute atomic E-state index is 5.94. The number of para-hydroxylation sites is 1. The van der Waals surface area contributed by atoms with Gasteiger partial charge < -0.3 is 14.5 Å². The Morgan fingerprint density at radius 1 is 1.21 bits per heavy atom. The molecule has 1 saturated heterocycles. The molecule has 1 aromatic rings. The third kappa shape index (κ3) is 4.37.